The SMILES string of the molecule is COc1ccc(CC(=O)NCCCOc2cccc(C)c2)c(OC)c1. The highest BCUT2D eigenvalue weighted by Crippen LogP contribution is 2.24. The molecule has 0 saturated heterocycles. The summed E-state index contributed by atoms with van der Waals surface area (Å²) in [6.45, 7) is 3.17. The maximum Gasteiger partial charge on any atom is 0.224 e. The normalized spacial score (nSPS) is 10.2. The second-order valence-corrected chi connectivity index (χ2v) is 5.72. The first-order valence-corrected chi connectivity index (χ1v) is 8.29. The number of aryl methyl sites for hydroxylation is 1. The number of hydrogen-bond acceptors (Lipinski definition) is 4. The largest absolute Gasteiger partial charge is 0.497 e. The zero-order valence-corrected chi connectivity index (χ0v) is 15.0. The van der Waals surface area contributed by atoms with Crippen molar-refractivity contribution < 1.29 is 19.0 Å². The summed E-state index contributed by atoms with van der Waals surface area (Å²) >= 11 is 0. The maximum atomic E-state index is 12.1. The second kappa shape index (κ2) is 9.57. The molecule has 0 radical (unpaired) electrons. The minimum absolute atomic E-state index is 0.0426. The summed E-state index contributed by atoms with van der Waals surface area (Å²) in [6.07, 6.45) is 1.02. The van der Waals surface area contributed by atoms with E-state index in [2.05, 4.69) is 5.32 Å². The van der Waals surface area contributed by atoms with Crippen molar-refractivity contribution in [1.82, 2.24) is 5.32 Å². The van der Waals surface area contributed by atoms with Gasteiger partial charge in [0.15, 0.2) is 0 Å². The van der Waals surface area contributed by atoms with Gasteiger partial charge in [-0.2, -0.15) is 0 Å². The van der Waals surface area contributed by atoms with E-state index < -0.39 is 0 Å². The fourth-order valence-electron chi connectivity index (χ4n) is 2.43. The molecular formula is C20H25NO4. The van der Waals surface area contributed by atoms with Crippen LogP contribution in [0.3, 0.4) is 0 Å². The summed E-state index contributed by atoms with van der Waals surface area (Å²) in [5.74, 6) is 2.17. The lowest BCUT2D eigenvalue weighted by Gasteiger charge is -2.11. The van der Waals surface area contributed by atoms with Crippen molar-refractivity contribution in [1.29, 1.82) is 0 Å². The zero-order chi connectivity index (χ0) is 18.1. The monoisotopic (exact) mass is 343 g/mol. The van der Waals surface area contributed by atoms with Crippen LogP contribution in [0.1, 0.15) is 17.5 Å². The molecule has 0 aliphatic rings. The fourth-order valence-corrected chi connectivity index (χ4v) is 2.43. The molecule has 1 amide bonds. The molecule has 134 valence electrons. The average molecular weight is 343 g/mol. The number of benzene rings is 2. The van der Waals surface area contributed by atoms with Crippen molar-refractivity contribution in [3.05, 3.63) is 53.6 Å². The highest BCUT2D eigenvalue weighted by atomic mass is 16.5. The van der Waals surface area contributed by atoms with Gasteiger partial charge in [0.1, 0.15) is 17.2 Å². The quantitative estimate of drug-likeness (QED) is 0.711. The van der Waals surface area contributed by atoms with E-state index in [1.54, 1.807) is 20.3 Å². The molecule has 2 aromatic rings. The van der Waals surface area contributed by atoms with E-state index >= 15 is 0 Å². The minimum atomic E-state index is -0.0426. The third-order valence-electron chi connectivity index (χ3n) is 3.75. The van der Waals surface area contributed by atoms with Gasteiger partial charge in [0.05, 0.1) is 27.2 Å². The van der Waals surface area contributed by atoms with E-state index in [9.17, 15) is 4.79 Å². The second-order valence-electron chi connectivity index (χ2n) is 5.72. The molecule has 0 aromatic heterocycles. The highest BCUT2D eigenvalue weighted by Gasteiger charge is 2.09. The Hall–Kier alpha value is -2.69. The van der Waals surface area contributed by atoms with E-state index in [1.165, 1.54) is 5.56 Å². The smallest absolute Gasteiger partial charge is 0.224 e. The molecule has 5 heteroatoms. The van der Waals surface area contributed by atoms with Crippen LogP contribution in [0, 0.1) is 6.92 Å². The predicted molar refractivity (Wildman–Crippen MR) is 97.6 cm³/mol. The first-order valence-electron chi connectivity index (χ1n) is 8.29. The summed E-state index contributed by atoms with van der Waals surface area (Å²) in [5, 5.41) is 2.90. The highest BCUT2D eigenvalue weighted by molar-refractivity contribution is 5.79. The lowest BCUT2D eigenvalue weighted by Crippen LogP contribution is -2.27. The molecule has 1 N–H and O–H groups in total. The lowest BCUT2D eigenvalue weighted by atomic mass is 10.1. The van der Waals surface area contributed by atoms with E-state index in [0.29, 0.717) is 24.7 Å². The molecule has 0 unspecified atom stereocenters. The van der Waals surface area contributed by atoms with Gasteiger partial charge in [-0.15, -0.1) is 0 Å². The first-order chi connectivity index (χ1) is 12.1. The van der Waals surface area contributed by atoms with Crippen LogP contribution in [-0.4, -0.2) is 33.3 Å². The van der Waals surface area contributed by atoms with Crippen LogP contribution in [-0.2, 0) is 11.2 Å². The molecule has 25 heavy (non-hydrogen) atoms. The first kappa shape index (κ1) is 18.6. The predicted octanol–water partition coefficient (Wildman–Crippen LogP) is 3.14. The molecule has 5 nitrogen and oxygen atoms in total. The number of carbonyl (C=O) groups excluding carboxylic acids is 1. The van der Waals surface area contributed by atoms with E-state index in [-0.39, 0.29) is 12.3 Å². The van der Waals surface area contributed by atoms with Crippen LogP contribution in [0.5, 0.6) is 17.2 Å². The molecule has 0 fully saturated rings. The third kappa shape index (κ3) is 6.03. The molecule has 2 rings (SSSR count). The topological polar surface area (TPSA) is 56.8 Å². The van der Waals surface area contributed by atoms with Crippen LogP contribution in [0.25, 0.3) is 0 Å². The Morgan fingerprint density at radius 1 is 1.04 bits per heavy atom. The van der Waals surface area contributed by atoms with Crippen LogP contribution < -0.4 is 19.5 Å². The summed E-state index contributed by atoms with van der Waals surface area (Å²) in [4.78, 5) is 12.1. The molecule has 2 aromatic carbocycles. The van der Waals surface area contributed by atoms with Crippen LogP contribution in [0.4, 0.5) is 0 Å². The molecule has 0 aliphatic heterocycles. The van der Waals surface area contributed by atoms with Crippen molar-refractivity contribution in [3.63, 3.8) is 0 Å². The van der Waals surface area contributed by atoms with Crippen LogP contribution in [0.15, 0.2) is 42.5 Å². The lowest BCUT2D eigenvalue weighted by molar-refractivity contribution is -0.120. The van der Waals surface area contributed by atoms with Gasteiger partial charge < -0.3 is 19.5 Å². The van der Waals surface area contributed by atoms with Crippen LogP contribution >= 0.6 is 0 Å². The Morgan fingerprint density at radius 2 is 1.88 bits per heavy atom. The Balaban J connectivity index is 1.72. The van der Waals surface area contributed by atoms with Crippen LogP contribution in [0.2, 0.25) is 0 Å². The standard InChI is InChI=1S/C20H25NO4/c1-15-6-4-7-18(12-15)25-11-5-10-21-20(22)13-16-8-9-17(23-2)14-19(16)24-3/h4,6-9,12,14H,5,10-11,13H2,1-3H3,(H,21,22). The summed E-state index contributed by atoms with van der Waals surface area (Å²) in [7, 11) is 3.18. The van der Waals surface area contributed by atoms with Crippen molar-refractivity contribution >= 4 is 5.91 Å². The van der Waals surface area contributed by atoms with Crippen molar-refractivity contribution in [2.24, 2.45) is 0 Å². The maximum absolute atomic E-state index is 12.1. The van der Waals surface area contributed by atoms with Gasteiger partial charge in [-0.25, -0.2) is 0 Å². The summed E-state index contributed by atoms with van der Waals surface area (Å²) < 4.78 is 16.1. The van der Waals surface area contributed by atoms with Crippen molar-refractivity contribution in [3.8, 4) is 17.2 Å². The van der Waals surface area contributed by atoms with E-state index in [1.807, 2.05) is 43.3 Å². The number of nitrogens with one attached hydrogen (secondary N) is 1. The Labute approximate surface area is 148 Å². The van der Waals surface area contributed by atoms with Gasteiger partial charge in [-0.3, -0.25) is 4.79 Å². The molecule has 0 aliphatic carbocycles. The Bertz CT molecular complexity index is 700. The van der Waals surface area contributed by atoms with E-state index in [4.69, 9.17) is 14.2 Å². The van der Waals surface area contributed by atoms with Gasteiger partial charge >= 0.3 is 0 Å². The zero-order valence-electron chi connectivity index (χ0n) is 15.0. The fraction of sp³-hybridized carbons (Fsp3) is 0.350. The Morgan fingerprint density at radius 3 is 2.60 bits per heavy atom. The summed E-state index contributed by atoms with van der Waals surface area (Å²) in [5.41, 5.74) is 2.00. The third-order valence-corrected chi connectivity index (χ3v) is 3.75. The van der Waals surface area contributed by atoms with Crippen molar-refractivity contribution in [2.45, 2.75) is 19.8 Å². The van der Waals surface area contributed by atoms with Gasteiger partial charge in [0.2, 0.25) is 5.91 Å². The number of methoxy groups -OCH3 is 2. The molecular weight excluding hydrogens is 318 g/mol. The molecule has 0 atom stereocenters. The van der Waals surface area contributed by atoms with Gasteiger partial charge in [-0.1, -0.05) is 18.2 Å². The van der Waals surface area contributed by atoms with Gasteiger partial charge in [0.25, 0.3) is 0 Å². The Kier molecular flexibility index (Phi) is 7.14. The molecule has 0 saturated carbocycles. The van der Waals surface area contributed by atoms with Gasteiger partial charge in [-0.05, 0) is 37.1 Å². The number of hydrogen-bond donors (Lipinski definition) is 1. The average Bonchev–Trinajstić information content (AvgIpc) is 2.61. The number of rotatable bonds is 9. The van der Waals surface area contributed by atoms with Gasteiger partial charge in [0, 0.05) is 18.2 Å². The van der Waals surface area contributed by atoms with Crippen molar-refractivity contribution in [2.75, 3.05) is 27.4 Å². The molecule has 0 heterocycles. The number of carbonyl (C=O) groups is 1. The van der Waals surface area contributed by atoms with E-state index in [0.717, 1.165) is 17.7 Å². The minimum Gasteiger partial charge on any atom is -0.497 e. The molecule has 0 spiro atoms. The molecule has 0 bridgehead atoms. The summed E-state index contributed by atoms with van der Waals surface area (Å²) in [6, 6.07) is 13.4. The number of ether oxygens (including phenoxy) is 3. The number of amides is 1.